The molecule has 3 rings (SSSR count). The van der Waals surface area contributed by atoms with E-state index in [1.807, 2.05) is 7.05 Å². The molecule has 0 saturated heterocycles. The van der Waals surface area contributed by atoms with E-state index in [2.05, 4.69) is 10.6 Å². The molecule has 2 aromatic carbocycles. The fourth-order valence-corrected chi connectivity index (χ4v) is 3.80. The molecule has 1 aliphatic carbocycles. The van der Waals surface area contributed by atoms with Crippen molar-refractivity contribution in [1.82, 2.24) is 10.6 Å². The smallest absolute Gasteiger partial charge is 0.330 e. The average molecular weight is 474 g/mol. The van der Waals surface area contributed by atoms with Crippen LogP contribution in [0.4, 0.5) is 0 Å². The molecule has 1 amide bonds. The maximum absolute atomic E-state index is 12.3. The summed E-state index contributed by atoms with van der Waals surface area (Å²) in [6.45, 7) is 0.885. The van der Waals surface area contributed by atoms with Gasteiger partial charge in [0.15, 0.2) is 6.04 Å². The number of amides is 1. The minimum absolute atomic E-state index is 0.174. The quantitative estimate of drug-likeness (QED) is 0.268. The van der Waals surface area contributed by atoms with Gasteiger partial charge in [0.1, 0.15) is 5.84 Å². The van der Waals surface area contributed by atoms with E-state index in [1.54, 1.807) is 24.3 Å². The summed E-state index contributed by atoms with van der Waals surface area (Å²) in [5.41, 5.74) is 12.0. The molecule has 0 aromatic heterocycles. The monoisotopic (exact) mass is 473 g/mol. The van der Waals surface area contributed by atoms with Gasteiger partial charge < -0.3 is 27.2 Å². The first-order valence-corrected chi connectivity index (χ1v) is 11.2. The Morgan fingerprint density at radius 1 is 1.12 bits per heavy atom. The Balaban J connectivity index is 0.000000321. The number of aliphatic carboxylic acids is 1. The Morgan fingerprint density at radius 2 is 1.73 bits per heavy atom. The Morgan fingerprint density at radius 3 is 2.24 bits per heavy atom. The SMILES string of the molecule is CNC1CCC(CN)CC1.N=C(N)c1cccc(C(=O)NC(C(=O)O)c2ccc(Cl)cc2)c1. The van der Waals surface area contributed by atoms with Crippen LogP contribution in [0.25, 0.3) is 0 Å². The molecule has 1 unspecified atom stereocenters. The summed E-state index contributed by atoms with van der Waals surface area (Å²) in [5.74, 6) is -1.13. The molecular weight excluding hydrogens is 442 g/mol. The number of carboxylic acid groups (broad SMARTS) is 1. The van der Waals surface area contributed by atoms with Gasteiger partial charge in [-0.3, -0.25) is 10.2 Å². The topological polar surface area (TPSA) is 154 Å². The van der Waals surface area contributed by atoms with E-state index in [9.17, 15) is 14.7 Å². The Labute approximate surface area is 199 Å². The van der Waals surface area contributed by atoms with Crippen LogP contribution in [0.3, 0.4) is 0 Å². The van der Waals surface area contributed by atoms with Crippen LogP contribution in [0.1, 0.15) is 53.2 Å². The van der Waals surface area contributed by atoms with Crippen molar-refractivity contribution < 1.29 is 14.7 Å². The largest absolute Gasteiger partial charge is 0.479 e. The van der Waals surface area contributed by atoms with Crippen molar-refractivity contribution >= 4 is 29.3 Å². The fourth-order valence-electron chi connectivity index (χ4n) is 3.67. The zero-order valence-corrected chi connectivity index (χ0v) is 19.4. The third-order valence-corrected chi connectivity index (χ3v) is 6.00. The van der Waals surface area contributed by atoms with Crippen molar-refractivity contribution in [3.05, 3.63) is 70.2 Å². The van der Waals surface area contributed by atoms with E-state index in [-0.39, 0.29) is 11.4 Å². The number of benzene rings is 2. The van der Waals surface area contributed by atoms with Gasteiger partial charge in [0.05, 0.1) is 0 Å². The maximum atomic E-state index is 12.3. The molecule has 1 saturated carbocycles. The molecule has 33 heavy (non-hydrogen) atoms. The van der Waals surface area contributed by atoms with Crippen molar-refractivity contribution in [2.24, 2.45) is 17.4 Å². The number of nitrogen functional groups attached to an aromatic ring is 1. The average Bonchev–Trinajstić information content (AvgIpc) is 2.83. The second-order valence-electron chi connectivity index (χ2n) is 8.03. The lowest BCUT2D eigenvalue weighted by molar-refractivity contribution is -0.139. The molecule has 2 aromatic rings. The third kappa shape index (κ3) is 8.16. The second kappa shape index (κ2) is 12.9. The van der Waals surface area contributed by atoms with Crippen LogP contribution in [-0.2, 0) is 4.79 Å². The number of nitrogens with two attached hydrogens (primary N) is 2. The lowest BCUT2D eigenvalue weighted by Crippen LogP contribution is -2.33. The van der Waals surface area contributed by atoms with E-state index in [4.69, 9.17) is 28.5 Å². The number of carboxylic acids is 1. The molecule has 0 aliphatic heterocycles. The van der Waals surface area contributed by atoms with Crippen LogP contribution in [0, 0.1) is 11.3 Å². The normalized spacial score (nSPS) is 18.4. The van der Waals surface area contributed by atoms with Gasteiger partial charge in [-0.05, 0) is 75.0 Å². The summed E-state index contributed by atoms with van der Waals surface area (Å²) >= 11 is 5.78. The number of rotatable bonds is 7. The van der Waals surface area contributed by atoms with Gasteiger partial charge in [0.2, 0.25) is 0 Å². The molecule has 8 N–H and O–H groups in total. The van der Waals surface area contributed by atoms with Gasteiger partial charge in [-0.15, -0.1) is 0 Å². The number of hydrogen-bond acceptors (Lipinski definition) is 5. The number of hydrogen-bond donors (Lipinski definition) is 6. The molecule has 0 spiro atoms. The summed E-state index contributed by atoms with van der Waals surface area (Å²) in [6, 6.07) is 11.8. The summed E-state index contributed by atoms with van der Waals surface area (Å²) in [6.07, 6.45) is 5.28. The summed E-state index contributed by atoms with van der Waals surface area (Å²) in [7, 11) is 2.05. The molecule has 178 valence electrons. The van der Waals surface area contributed by atoms with Gasteiger partial charge in [-0.1, -0.05) is 35.9 Å². The Hall–Kier alpha value is -2.94. The first-order chi connectivity index (χ1) is 15.7. The lowest BCUT2D eigenvalue weighted by Gasteiger charge is -2.26. The van der Waals surface area contributed by atoms with Gasteiger partial charge >= 0.3 is 5.97 Å². The van der Waals surface area contributed by atoms with Crippen molar-refractivity contribution in [2.45, 2.75) is 37.8 Å². The standard InChI is InChI=1S/C16H14ClN3O3.C8H18N2/c17-12-6-4-9(5-7-12)13(16(22)23)20-15(21)11-3-1-2-10(8-11)14(18)19;1-10-8-4-2-7(6-9)3-5-8/h1-8,13H,(H3,18,19)(H,20,21)(H,22,23);7-8,10H,2-6,9H2,1H3. The van der Waals surface area contributed by atoms with Crippen LogP contribution in [0.5, 0.6) is 0 Å². The van der Waals surface area contributed by atoms with E-state index in [0.717, 1.165) is 18.5 Å². The van der Waals surface area contributed by atoms with E-state index in [0.29, 0.717) is 16.1 Å². The second-order valence-corrected chi connectivity index (χ2v) is 8.47. The zero-order chi connectivity index (χ0) is 24.4. The van der Waals surface area contributed by atoms with Gasteiger partial charge in [-0.25, -0.2) is 4.79 Å². The molecule has 1 aliphatic rings. The molecule has 0 bridgehead atoms. The number of carbonyl (C=O) groups excluding carboxylic acids is 1. The predicted molar refractivity (Wildman–Crippen MR) is 131 cm³/mol. The highest BCUT2D eigenvalue weighted by Crippen LogP contribution is 2.22. The van der Waals surface area contributed by atoms with E-state index < -0.39 is 17.9 Å². The zero-order valence-electron chi connectivity index (χ0n) is 18.7. The number of nitrogens with one attached hydrogen (secondary N) is 3. The molecule has 8 nitrogen and oxygen atoms in total. The van der Waals surface area contributed by atoms with Crippen molar-refractivity contribution in [3.8, 4) is 0 Å². The fraction of sp³-hybridized carbons (Fsp3) is 0.375. The maximum Gasteiger partial charge on any atom is 0.330 e. The molecule has 1 fully saturated rings. The van der Waals surface area contributed by atoms with Gasteiger partial charge in [-0.2, -0.15) is 0 Å². The van der Waals surface area contributed by atoms with Gasteiger partial charge in [0.25, 0.3) is 5.91 Å². The summed E-state index contributed by atoms with van der Waals surface area (Å²) < 4.78 is 0. The van der Waals surface area contributed by atoms with Crippen LogP contribution < -0.4 is 22.1 Å². The molecule has 0 radical (unpaired) electrons. The lowest BCUT2D eigenvalue weighted by atomic mass is 9.86. The van der Waals surface area contributed by atoms with Crippen LogP contribution in [0.15, 0.2) is 48.5 Å². The highest BCUT2D eigenvalue weighted by atomic mass is 35.5. The van der Waals surface area contributed by atoms with Crippen LogP contribution in [0.2, 0.25) is 5.02 Å². The molecule has 9 heteroatoms. The number of carbonyl (C=O) groups is 2. The minimum atomic E-state index is -1.21. The Kier molecular flexibility index (Phi) is 10.3. The van der Waals surface area contributed by atoms with E-state index >= 15 is 0 Å². The van der Waals surface area contributed by atoms with Crippen LogP contribution in [-0.4, -0.2) is 42.5 Å². The summed E-state index contributed by atoms with van der Waals surface area (Å²) in [4.78, 5) is 23.7. The Bertz CT molecular complexity index is 931. The first kappa shape index (κ1) is 26.3. The number of amidine groups is 1. The van der Waals surface area contributed by atoms with Crippen molar-refractivity contribution in [3.63, 3.8) is 0 Å². The van der Waals surface area contributed by atoms with Crippen molar-refractivity contribution in [1.29, 1.82) is 5.41 Å². The third-order valence-electron chi connectivity index (χ3n) is 5.75. The van der Waals surface area contributed by atoms with Gasteiger partial charge in [0, 0.05) is 22.2 Å². The number of halogens is 1. The van der Waals surface area contributed by atoms with Crippen LogP contribution >= 0.6 is 11.6 Å². The minimum Gasteiger partial charge on any atom is -0.479 e. The first-order valence-electron chi connectivity index (χ1n) is 10.9. The molecular formula is C24H32ClN5O3. The molecule has 1 atom stereocenters. The van der Waals surface area contributed by atoms with Crippen molar-refractivity contribution in [2.75, 3.05) is 13.6 Å². The predicted octanol–water partition coefficient (Wildman–Crippen LogP) is 2.90. The summed E-state index contributed by atoms with van der Waals surface area (Å²) in [5, 5.41) is 22.9. The van der Waals surface area contributed by atoms with E-state index in [1.165, 1.54) is 49.9 Å². The molecule has 0 heterocycles. The highest BCUT2D eigenvalue weighted by molar-refractivity contribution is 6.30. The highest BCUT2D eigenvalue weighted by Gasteiger charge is 2.23.